The molecule has 0 saturated carbocycles. The minimum atomic E-state index is 0.246. The Morgan fingerprint density at radius 1 is 1.62 bits per heavy atom. The van der Waals surface area contributed by atoms with Crippen LogP contribution in [0.1, 0.15) is 19.0 Å². The van der Waals surface area contributed by atoms with E-state index in [2.05, 4.69) is 17.2 Å². The number of nitrogens with two attached hydrogens (primary N) is 1. The molecule has 0 spiro atoms. The summed E-state index contributed by atoms with van der Waals surface area (Å²) < 4.78 is 5.48. The summed E-state index contributed by atoms with van der Waals surface area (Å²) in [6.07, 6.45) is 3.02. The summed E-state index contributed by atoms with van der Waals surface area (Å²) in [7, 11) is 0. The van der Waals surface area contributed by atoms with Crippen LogP contribution in [0.4, 0.5) is 5.69 Å². The first-order chi connectivity index (χ1) is 7.66. The fourth-order valence-electron chi connectivity index (χ4n) is 1.76. The van der Waals surface area contributed by atoms with Crippen LogP contribution in [0.5, 0.6) is 0 Å². The molecule has 5 heteroatoms. The lowest BCUT2D eigenvalue weighted by molar-refractivity contribution is 0.121. The number of ether oxygens (including phenoxy) is 1. The van der Waals surface area contributed by atoms with Crippen molar-refractivity contribution in [2.75, 3.05) is 11.9 Å². The van der Waals surface area contributed by atoms with Crippen LogP contribution in [-0.2, 0) is 4.74 Å². The molecule has 1 aromatic rings. The monoisotopic (exact) mass is 237 g/mol. The van der Waals surface area contributed by atoms with Gasteiger partial charge in [0.05, 0.1) is 29.7 Å². The summed E-state index contributed by atoms with van der Waals surface area (Å²) in [4.78, 5) is 4.50. The molecule has 1 saturated heterocycles. The van der Waals surface area contributed by atoms with E-state index in [1.54, 1.807) is 6.20 Å². The van der Waals surface area contributed by atoms with Crippen molar-refractivity contribution in [1.82, 2.24) is 4.98 Å². The van der Waals surface area contributed by atoms with E-state index in [0.717, 1.165) is 18.7 Å². The highest BCUT2D eigenvalue weighted by Gasteiger charge is 2.23. The normalized spacial score (nSPS) is 24.3. The first-order valence-electron chi connectivity index (χ1n) is 5.31. The van der Waals surface area contributed by atoms with Crippen molar-refractivity contribution in [1.29, 1.82) is 0 Å². The van der Waals surface area contributed by atoms with Crippen molar-refractivity contribution in [3.05, 3.63) is 24.0 Å². The highest BCUT2D eigenvalue weighted by atomic mass is 32.1. The fourth-order valence-corrected chi connectivity index (χ4v) is 1.88. The molecule has 0 aliphatic carbocycles. The standard InChI is InChI=1S/C11H15N3OS/c1-7-9(4-5-15-7)14-8-2-3-10(11(12)16)13-6-8/h2-3,6-7,9,14H,4-5H2,1H3,(H2,12,16). The number of hydrogen-bond donors (Lipinski definition) is 2. The highest BCUT2D eigenvalue weighted by molar-refractivity contribution is 7.80. The SMILES string of the molecule is CC1OCCC1Nc1ccc(C(N)=S)nc1. The summed E-state index contributed by atoms with van der Waals surface area (Å²) in [6.45, 7) is 2.89. The maximum atomic E-state index is 5.48. The Hall–Kier alpha value is -1.20. The van der Waals surface area contributed by atoms with Gasteiger partial charge in [-0.3, -0.25) is 4.98 Å². The molecule has 0 amide bonds. The van der Waals surface area contributed by atoms with Gasteiger partial charge in [0.15, 0.2) is 0 Å². The molecule has 0 radical (unpaired) electrons. The maximum Gasteiger partial charge on any atom is 0.122 e. The Labute approximate surface area is 100 Å². The quantitative estimate of drug-likeness (QED) is 0.776. The molecule has 4 nitrogen and oxygen atoms in total. The van der Waals surface area contributed by atoms with Crippen LogP contribution >= 0.6 is 12.2 Å². The molecule has 2 unspecified atom stereocenters. The van der Waals surface area contributed by atoms with Crippen LogP contribution in [0.2, 0.25) is 0 Å². The van der Waals surface area contributed by atoms with Gasteiger partial charge in [0.2, 0.25) is 0 Å². The summed E-state index contributed by atoms with van der Waals surface area (Å²) in [6, 6.07) is 4.12. The van der Waals surface area contributed by atoms with Gasteiger partial charge in [0.25, 0.3) is 0 Å². The molecule has 2 rings (SSSR count). The van der Waals surface area contributed by atoms with Crippen molar-refractivity contribution in [3.63, 3.8) is 0 Å². The van der Waals surface area contributed by atoms with Gasteiger partial charge in [0, 0.05) is 6.61 Å². The minimum absolute atomic E-state index is 0.246. The second-order valence-corrected chi connectivity index (χ2v) is 4.35. The van der Waals surface area contributed by atoms with Gasteiger partial charge in [-0.1, -0.05) is 12.2 Å². The van der Waals surface area contributed by atoms with Crippen molar-refractivity contribution in [2.45, 2.75) is 25.5 Å². The number of nitrogens with one attached hydrogen (secondary N) is 1. The third-order valence-electron chi connectivity index (χ3n) is 2.74. The maximum absolute atomic E-state index is 5.48. The first kappa shape index (κ1) is 11.3. The van der Waals surface area contributed by atoms with Gasteiger partial charge in [-0.05, 0) is 25.5 Å². The van der Waals surface area contributed by atoms with E-state index in [4.69, 9.17) is 22.7 Å². The Morgan fingerprint density at radius 3 is 2.94 bits per heavy atom. The van der Waals surface area contributed by atoms with Crippen molar-refractivity contribution in [3.8, 4) is 0 Å². The Kier molecular flexibility index (Phi) is 3.36. The predicted octanol–water partition coefficient (Wildman–Crippen LogP) is 1.31. The number of thiocarbonyl (C=S) groups is 1. The molecule has 2 heterocycles. The van der Waals surface area contributed by atoms with Crippen molar-refractivity contribution in [2.24, 2.45) is 5.73 Å². The third-order valence-corrected chi connectivity index (χ3v) is 2.95. The van der Waals surface area contributed by atoms with Gasteiger partial charge >= 0.3 is 0 Å². The Morgan fingerprint density at radius 2 is 2.44 bits per heavy atom. The zero-order chi connectivity index (χ0) is 11.5. The third kappa shape index (κ3) is 2.48. The average molecular weight is 237 g/mol. The van der Waals surface area contributed by atoms with E-state index in [-0.39, 0.29) is 6.10 Å². The summed E-state index contributed by atoms with van der Waals surface area (Å²) >= 11 is 4.84. The van der Waals surface area contributed by atoms with Gasteiger partial charge in [-0.2, -0.15) is 0 Å². The van der Waals surface area contributed by atoms with E-state index in [1.165, 1.54) is 0 Å². The molecule has 1 aliphatic heterocycles. The largest absolute Gasteiger partial charge is 0.388 e. The van der Waals surface area contributed by atoms with E-state index in [9.17, 15) is 0 Å². The predicted molar refractivity (Wildman–Crippen MR) is 67.6 cm³/mol. The Bertz CT molecular complexity index is 379. The van der Waals surface area contributed by atoms with Crippen LogP contribution in [0.3, 0.4) is 0 Å². The van der Waals surface area contributed by atoms with Crippen LogP contribution < -0.4 is 11.1 Å². The van der Waals surface area contributed by atoms with E-state index < -0.39 is 0 Å². The van der Waals surface area contributed by atoms with Crippen molar-refractivity contribution >= 4 is 22.9 Å². The molecule has 1 aromatic heterocycles. The van der Waals surface area contributed by atoms with Crippen LogP contribution in [0.25, 0.3) is 0 Å². The summed E-state index contributed by atoms with van der Waals surface area (Å²) in [5.74, 6) is 0. The smallest absolute Gasteiger partial charge is 0.122 e. The second kappa shape index (κ2) is 4.76. The average Bonchev–Trinajstić information content (AvgIpc) is 2.65. The fraction of sp³-hybridized carbons (Fsp3) is 0.455. The molecule has 16 heavy (non-hydrogen) atoms. The highest BCUT2D eigenvalue weighted by Crippen LogP contribution is 2.18. The molecule has 1 fully saturated rings. The number of rotatable bonds is 3. The minimum Gasteiger partial charge on any atom is -0.388 e. The second-order valence-electron chi connectivity index (χ2n) is 3.91. The molecule has 2 atom stereocenters. The first-order valence-corrected chi connectivity index (χ1v) is 5.71. The Balaban J connectivity index is 2.02. The number of hydrogen-bond acceptors (Lipinski definition) is 4. The summed E-state index contributed by atoms with van der Waals surface area (Å²) in [5.41, 5.74) is 7.10. The number of pyridine rings is 1. The van der Waals surface area contributed by atoms with Gasteiger partial charge in [0.1, 0.15) is 4.99 Å². The lowest BCUT2D eigenvalue weighted by Gasteiger charge is -2.17. The van der Waals surface area contributed by atoms with Gasteiger partial charge in [-0.15, -0.1) is 0 Å². The zero-order valence-corrected chi connectivity index (χ0v) is 9.96. The van der Waals surface area contributed by atoms with E-state index in [0.29, 0.717) is 16.7 Å². The number of nitrogens with zero attached hydrogens (tertiary/aromatic N) is 1. The number of anilines is 1. The lowest BCUT2D eigenvalue weighted by Crippen LogP contribution is -2.26. The lowest BCUT2D eigenvalue weighted by atomic mass is 10.1. The zero-order valence-electron chi connectivity index (χ0n) is 9.14. The number of aromatic nitrogens is 1. The molecular formula is C11H15N3OS. The topological polar surface area (TPSA) is 60.2 Å². The van der Waals surface area contributed by atoms with Crippen LogP contribution in [-0.4, -0.2) is 28.7 Å². The molecule has 86 valence electrons. The summed E-state index contributed by atoms with van der Waals surface area (Å²) in [5, 5.41) is 3.39. The van der Waals surface area contributed by atoms with E-state index in [1.807, 2.05) is 12.1 Å². The van der Waals surface area contributed by atoms with E-state index >= 15 is 0 Å². The van der Waals surface area contributed by atoms with Crippen LogP contribution in [0.15, 0.2) is 18.3 Å². The molecule has 3 N–H and O–H groups in total. The van der Waals surface area contributed by atoms with Crippen LogP contribution in [0, 0.1) is 0 Å². The molecular weight excluding hydrogens is 222 g/mol. The van der Waals surface area contributed by atoms with Gasteiger partial charge in [-0.25, -0.2) is 0 Å². The van der Waals surface area contributed by atoms with Crippen molar-refractivity contribution < 1.29 is 4.74 Å². The molecule has 1 aliphatic rings. The van der Waals surface area contributed by atoms with Gasteiger partial charge < -0.3 is 15.8 Å². The molecule has 0 aromatic carbocycles. The molecule has 0 bridgehead atoms.